The zero-order valence-corrected chi connectivity index (χ0v) is 12.2. The van der Waals surface area contributed by atoms with Crippen molar-refractivity contribution in [1.29, 1.82) is 0 Å². The molecule has 110 valence electrons. The van der Waals surface area contributed by atoms with E-state index in [4.69, 9.17) is 0 Å². The van der Waals surface area contributed by atoms with Gasteiger partial charge in [0.1, 0.15) is 6.04 Å². The van der Waals surface area contributed by atoms with Crippen molar-refractivity contribution in [2.24, 2.45) is 0 Å². The molecule has 1 atom stereocenters. The SMILES string of the molecule is CCCNCc1cnc(N2CCNC(=O)C2CC)nc1. The first kappa shape index (κ1) is 14.7. The van der Waals surface area contributed by atoms with Crippen LogP contribution >= 0.6 is 0 Å². The molecule has 6 heteroatoms. The minimum atomic E-state index is -0.159. The molecule has 2 rings (SSSR count). The fourth-order valence-electron chi connectivity index (χ4n) is 2.36. The summed E-state index contributed by atoms with van der Waals surface area (Å²) in [7, 11) is 0. The van der Waals surface area contributed by atoms with E-state index in [1.54, 1.807) is 0 Å². The average molecular weight is 277 g/mol. The van der Waals surface area contributed by atoms with E-state index < -0.39 is 0 Å². The lowest BCUT2D eigenvalue weighted by molar-refractivity contribution is -0.123. The third kappa shape index (κ3) is 3.45. The Bertz CT molecular complexity index is 434. The minimum absolute atomic E-state index is 0.0658. The monoisotopic (exact) mass is 277 g/mol. The van der Waals surface area contributed by atoms with Crippen molar-refractivity contribution in [3.05, 3.63) is 18.0 Å². The molecule has 1 fully saturated rings. The van der Waals surface area contributed by atoms with Gasteiger partial charge in [-0.3, -0.25) is 4.79 Å². The summed E-state index contributed by atoms with van der Waals surface area (Å²) in [5.41, 5.74) is 1.07. The molecule has 0 saturated carbocycles. The van der Waals surface area contributed by atoms with Gasteiger partial charge in [-0.1, -0.05) is 13.8 Å². The molecule has 2 heterocycles. The van der Waals surface area contributed by atoms with E-state index in [0.717, 1.165) is 38.0 Å². The maximum atomic E-state index is 11.8. The number of hydrogen-bond acceptors (Lipinski definition) is 5. The first-order valence-corrected chi connectivity index (χ1v) is 7.32. The van der Waals surface area contributed by atoms with Crippen LogP contribution in [0.25, 0.3) is 0 Å². The van der Waals surface area contributed by atoms with Crippen LogP contribution in [0.1, 0.15) is 32.3 Å². The molecular formula is C14H23N5O. The third-order valence-corrected chi connectivity index (χ3v) is 3.42. The van der Waals surface area contributed by atoms with E-state index in [2.05, 4.69) is 27.5 Å². The largest absolute Gasteiger partial charge is 0.353 e. The molecule has 0 radical (unpaired) electrons. The number of nitrogens with zero attached hydrogens (tertiary/aromatic N) is 3. The molecule has 1 unspecified atom stereocenters. The van der Waals surface area contributed by atoms with Crippen molar-refractivity contribution >= 4 is 11.9 Å². The van der Waals surface area contributed by atoms with Gasteiger partial charge in [-0.05, 0) is 19.4 Å². The van der Waals surface area contributed by atoms with E-state index in [1.165, 1.54) is 0 Å². The smallest absolute Gasteiger partial charge is 0.242 e. The Balaban J connectivity index is 2.02. The fourth-order valence-corrected chi connectivity index (χ4v) is 2.36. The standard InChI is InChI=1S/C14H23N5O/c1-3-5-15-8-11-9-17-14(18-10-11)19-7-6-16-13(20)12(19)4-2/h9-10,12,15H,3-8H2,1-2H3,(H,16,20). The van der Waals surface area contributed by atoms with E-state index >= 15 is 0 Å². The number of rotatable bonds is 6. The van der Waals surface area contributed by atoms with Crippen LogP contribution in [0.3, 0.4) is 0 Å². The normalized spacial score (nSPS) is 19.0. The summed E-state index contributed by atoms with van der Waals surface area (Å²) in [5.74, 6) is 0.710. The zero-order chi connectivity index (χ0) is 14.4. The highest BCUT2D eigenvalue weighted by atomic mass is 16.2. The lowest BCUT2D eigenvalue weighted by Gasteiger charge is -2.34. The van der Waals surface area contributed by atoms with Crippen molar-refractivity contribution in [3.63, 3.8) is 0 Å². The number of piperazine rings is 1. The van der Waals surface area contributed by atoms with Crippen LogP contribution in [0.4, 0.5) is 5.95 Å². The van der Waals surface area contributed by atoms with Crippen molar-refractivity contribution in [2.45, 2.75) is 39.3 Å². The van der Waals surface area contributed by atoms with Crippen LogP contribution in [0.5, 0.6) is 0 Å². The lowest BCUT2D eigenvalue weighted by atomic mass is 10.1. The van der Waals surface area contributed by atoms with Crippen LogP contribution in [-0.2, 0) is 11.3 Å². The summed E-state index contributed by atoms with van der Waals surface area (Å²) >= 11 is 0. The Hall–Kier alpha value is -1.69. The van der Waals surface area contributed by atoms with Crippen molar-refractivity contribution < 1.29 is 4.79 Å². The Morgan fingerprint density at radius 1 is 1.40 bits per heavy atom. The maximum absolute atomic E-state index is 11.8. The molecule has 1 aliphatic heterocycles. The number of aromatic nitrogens is 2. The van der Waals surface area contributed by atoms with E-state index in [0.29, 0.717) is 12.5 Å². The highest BCUT2D eigenvalue weighted by Gasteiger charge is 2.29. The molecule has 1 aromatic rings. The topological polar surface area (TPSA) is 70.2 Å². The Morgan fingerprint density at radius 3 is 2.80 bits per heavy atom. The summed E-state index contributed by atoms with van der Waals surface area (Å²) in [4.78, 5) is 22.6. The summed E-state index contributed by atoms with van der Waals surface area (Å²) in [6, 6.07) is -0.159. The van der Waals surface area contributed by atoms with Crippen LogP contribution in [0.15, 0.2) is 12.4 Å². The van der Waals surface area contributed by atoms with Crippen molar-refractivity contribution in [3.8, 4) is 0 Å². The van der Waals surface area contributed by atoms with Gasteiger partial charge >= 0.3 is 0 Å². The summed E-state index contributed by atoms with van der Waals surface area (Å²) in [5, 5.41) is 6.20. The van der Waals surface area contributed by atoms with Crippen LogP contribution < -0.4 is 15.5 Å². The van der Waals surface area contributed by atoms with Gasteiger partial charge in [-0.25, -0.2) is 9.97 Å². The van der Waals surface area contributed by atoms with E-state index in [1.807, 2.05) is 24.2 Å². The second kappa shape index (κ2) is 7.19. The van der Waals surface area contributed by atoms with Gasteiger partial charge in [0, 0.05) is 37.6 Å². The Labute approximate surface area is 120 Å². The fraction of sp³-hybridized carbons (Fsp3) is 0.643. The van der Waals surface area contributed by atoms with E-state index in [-0.39, 0.29) is 11.9 Å². The highest BCUT2D eigenvalue weighted by Crippen LogP contribution is 2.15. The highest BCUT2D eigenvalue weighted by molar-refractivity contribution is 5.85. The molecule has 0 aliphatic carbocycles. The average Bonchev–Trinajstić information content (AvgIpc) is 2.48. The second-order valence-electron chi connectivity index (χ2n) is 4.98. The first-order chi connectivity index (χ1) is 9.76. The number of anilines is 1. The van der Waals surface area contributed by atoms with Gasteiger partial charge in [0.15, 0.2) is 0 Å². The molecule has 0 spiro atoms. The minimum Gasteiger partial charge on any atom is -0.353 e. The number of carbonyl (C=O) groups is 1. The number of nitrogens with one attached hydrogen (secondary N) is 2. The summed E-state index contributed by atoms with van der Waals surface area (Å²) in [6.45, 7) is 7.33. The molecule has 1 amide bonds. The molecule has 0 bridgehead atoms. The molecule has 20 heavy (non-hydrogen) atoms. The number of amides is 1. The molecule has 1 aliphatic rings. The van der Waals surface area contributed by atoms with Crippen LogP contribution in [0, 0.1) is 0 Å². The Kier molecular flexibility index (Phi) is 5.29. The zero-order valence-electron chi connectivity index (χ0n) is 12.2. The van der Waals surface area contributed by atoms with Crippen LogP contribution in [0.2, 0.25) is 0 Å². The molecule has 0 aromatic carbocycles. The number of hydrogen-bond donors (Lipinski definition) is 2. The lowest BCUT2D eigenvalue weighted by Crippen LogP contribution is -2.55. The number of carbonyl (C=O) groups excluding carboxylic acids is 1. The third-order valence-electron chi connectivity index (χ3n) is 3.42. The molecule has 2 N–H and O–H groups in total. The Morgan fingerprint density at radius 2 is 2.15 bits per heavy atom. The van der Waals surface area contributed by atoms with Gasteiger partial charge < -0.3 is 15.5 Å². The van der Waals surface area contributed by atoms with Gasteiger partial charge in [-0.15, -0.1) is 0 Å². The van der Waals surface area contributed by atoms with E-state index in [9.17, 15) is 4.79 Å². The molecular weight excluding hydrogens is 254 g/mol. The molecule has 6 nitrogen and oxygen atoms in total. The van der Waals surface area contributed by atoms with Crippen LogP contribution in [-0.4, -0.2) is 41.6 Å². The van der Waals surface area contributed by atoms with Crippen molar-refractivity contribution in [2.75, 3.05) is 24.5 Å². The van der Waals surface area contributed by atoms with Gasteiger partial charge in [0.25, 0.3) is 0 Å². The van der Waals surface area contributed by atoms with Gasteiger partial charge in [0.2, 0.25) is 11.9 Å². The maximum Gasteiger partial charge on any atom is 0.242 e. The van der Waals surface area contributed by atoms with Crippen molar-refractivity contribution in [1.82, 2.24) is 20.6 Å². The van der Waals surface area contributed by atoms with Gasteiger partial charge in [0.05, 0.1) is 0 Å². The van der Waals surface area contributed by atoms with Gasteiger partial charge in [-0.2, -0.15) is 0 Å². The first-order valence-electron chi connectivity index (χ1n) is 7.32. The quantitative estimate of drug-likeness (QED) is 0.749. The predicted molar refractivity (Wildman–Crippen MR) is 78.5 cm³/mol. The summed E-state index contributed by atoms with van der Waals surface area (Å²) in [6.07, 6.45) is 5.55. The molecule has 1 saturated heterocycles. The summed E-state index contributed by atoms with van der Waals surface area (Å²) < 4.78 is 0. The second-order valence-corrected chi connectivity index (χ2v) is 4.98. The predicted octanol–water partition coefficient (Wildman–Crippen LogP) is 0.691. The molecule has 1 aromatic heterocycles.